The third-order valence-electron chi connectivity index (χ3n) is 7.19. The Kier molecular flexibility index (Phi) is 3.30. The van der Waals surface area contributed by atoms with Gasteiger partial charge >= 0.3 is 0 Å². The Hall–Kier alpha value is -1.02. The maximum atomic E-state index is 10.5. The molecule has 5 atom stereocenters. The molecule has 3 aliphatic carbocycles. The number of rotatable bonds is 1. The normalized spacial score (nSPS) is 39.8. The number of aryl methyl sites for hydroxylation is 2. The molecule has 0 spiro atoms. The van der Waals surface area contributed by atoms with E-state index in [9.17, 15) is 5.11 Å². The SMILES string of the molecule is COc1cc(C)c2c(c1)CC[C@H]1[C@@H]2CC[C@]2(C)[C@@H](O)CC[C@@H]12. The van der Waals surface area contributed by atoms with Gasteiger partial charge in [-0.2, -0.15) is 0 Å². The van der Waals surface area contributed by atoms with Crippen molar-refractivity contribution in [1.29, 1.82) is 0 Å². The van der Waals surface area contributed by atoms with Crippen LogP contribution in [0.3, 0.4) is 0 Å². The van der Waals surface area contributed by atoms with Gasteiger partial charge in [0, 0.05) is 0 Å². The molecule has 0 aliphatic heterocycles. The summed E-state index contributed by atoms with van der Waals surface area (Å²) >= 11 is 0. The van der Waals surface area contributed by atoms with Gasteiger partial charge in [-0.3, -0.25) is 0 Å². The first-order valence-corrected chi connectivity index (χ1v) is 8.90. The van der Waals surface area contributed by atoms with Gasteiger partial charge in [0.25, 0.3) is 0 Å². The van der Waals surface area contributed by atoms with E-state index in [2.05, 4.69) is 26.0 Å². The molecule has 0 amide bonds. The van der Waals surface area contributed by atoms with Gasteiger partial charge in [-0.15, -0.1) is 0 Å². The van der Waals surface area contributed by atoms with Crippen LogP contribution < -0.4 is 4.74 Å². The van der Waals surface area contributed by atoms with Crippen molar-refractivity contribution in [1.82, 2.24) is 0 Å². The van der Waals surface area contributed by atoms with Crippen molar-refractivity contribution in [3.05, 3.63) is 28.8 Å². The Balaban J connectivity index is 1.73. The molecule has 0 unspecified atom stereocenters. The minimum Gasteiger partial charge on any atom is -0.497 e. The lowest BCUT2D eigenvalue weighted by atomic mass is 9.55. The maximum absolute atomic E-state index is 10.5. The molecule has 2 nitrogen and oxygen atoms in total. The number of aliphatic hydroxyl groups excluding tert-OH is 1. The van der Waals surface area contributed by atoms with Crippen LogP contribution in [0, 0.1) is 24.2 Å². The average Bonchev–Trinajstić information content (AvgIpc) is 2.82. The van der Waals surface area contributed by atoms with Gasteiger partial charge in [0.2, 0.25) is 0 Å². The first-order valence-electron chi connectivity index (χ1n) is 8.90. The number of benzene rings is 1. The molecular formula is C20H28O2. The summed E-state index contributed by atoms with van der Waals surface area (Å²) in [6.45, 7) is 4.60. The Morgan fingerprint density at radius 1 is 1.18 bits per heavy atom. The zero-order valence-corrected chi connectivity index (χ0v) is 14.1. The largest absolute Gasteiger partial charge is 0.497 e. The number of hydrogen-bond donors (Lipinski definition) is 1. The van der Waals surface area contributed by atoms with Gasteiger partial charge in [-0.1, -0.05) is 6.92 Å². The van der Waals surface area contributed by atoms with E-state index in [1.54, 1.807) is 12.7 Å². The van der Waals surface area contributed by atoms with E-state index in [4.69, 9.17) is 4.74 Å². The molecule has 0 radical (unpaired) electrons. The van der Waals surface area contributed by atoms with E-state index in [0.717, 1.165) is 24.0 Å². The summed E-state index contributed by atoms with van der Waals surface area (Å²) in [6, 6.07) is 4.47. The second-order valence-corrected chi connectivity index (χ2v) is 8.07. The van der Waals surface area contributed by atoms with Gasteiger partial charge in [0.05, 0.1) is 13.2 Å². The Morgan fingerprint density at radius 2 is 2.00 bits per heavy atom. The van der Waals surface area contributed by atoms with E-state index in [1.165, 1.54) is 43.2 Å². The summed E-state index contributed by atoms with van der Waals surface area (Å²) in [5.41, 5.74) is 4.71. The first-order chi connectivity index (χ1) is 10.5. The first kappa shape index (κ1) is 14.6. The highest BCUT2D eigenvalue weighted by molar-refractivity contribution is 5.46. The third kappa shape index (κ3) is 1.89. The molecule has 3 aliphatic rings. The molecule has 1 aromatic rings. The second-order valence-electron chi connectivity index (χ2n) is 8.07. The van der Waals surface area contributed by atoms with Crippen molar-refractivity contribution in [3.63, 3.8) is 0 Å². The van der Waals surface area contributed by atoms with Crippen LogP contribution in [0.1, 0.15) is 61.6 Å². The zero-order chi connectivity index (χ0) is 15.5. The van der Waals surface area contributed by atoms with Crippen molar-refractivity contribution in [2.45, 2.75) is 64.4 Å². The fourth-order valence-electron chi connectivity index (χ4n) is 6.03. The summed E-state index contributed by atoms with van der Waals surface area (Å²) in [7, 11) is 1.76. The number of methoxy groups -OCH3 is 1. The van der Waals surface area contributed by atoms with Crippen LogP contribution in [0.25, 0.3) is 0 Å². The van der Waals surface area contributed by atoms with Gasteiger partial charge < -0.3 is 9.84 Å². The second kappa shape index (κ2) is 4.99. The summed E-state index contributed by atoms with van der Waals surface area (Å²) in [5.74, 6) is 3.20. The molecule has 1 N–H and O–H groups in total. The van der Waals surface area contributed by atoms with Gasteiger partial charge in [0.15, 0.2) is 0 Å². The molecule has 2 saturated carbocycles. The molecule has 0 heterocycles. The zero-order valence-electron chi connectivity index (χ0n) is 14.1. The molecule has 120 valence electrons. The highest BCUT2D eigenvalue weighted by Crippen LogP contribution is 2.61. The van der Waals surface area contributed by atoms with Gasteiger partial charge in [0.1, 0.15) is 5.75 Å². The fraction of sp³-hybridized carbons (Fsp3) is 0.700. The monoisotopic (exact) mass is 300 g/mol. The molecule has 22 heavy (non-hydrogen) atoms. The number of fused-ring (bicyclic) bond motifs is 5. The number of ether oxygens (including phenoxy) is 1. The van der Waals surface area contributed by atoms with Crippen LogP contribution in [-0.4, -0.2) is 18.3 Å². The van der Waals surface area contributed by atoms with E-state index >= 15 is 0 Å². The molecule has 2 heteroatoms. The summed E-state index contributed by atoms with van der Waals surface area (Å²) < 4.78 is 5.46. The molecule has 0 saturated heterocycles. The highest BCUT2D eigenvalue weighted by Gasteiger charge is 2.54. The van der Waals surface area contributed by atoms with Gasteiger partial charge in [-0.05, 0) is 97.4 Å². The fourth-order valence-corrected chi connectivity index (χ4v) is 6.03. The van der Waals surface area contributed by atoms with Crippen molar-refractivity contribution in [2.75, 3.05) is 7.11 Å². The number of hydrogen-bond acceptors (Lipinski definition) is 2. The lowest BCUT2D eigenvalue weighted by Crippen LogP contribution is -2.44. The van der Waals surface area contributed by atoms with E-state index in [-0.39, 0.29) is 11.5 Å². The van der Waals surface area contributed by atoms with Crippen LogP contribution in [0.5, 0.6) is 5.75 Å². The molecule has 4 rings (SSSR count). The Morgan fingerprint density at radius 3 is 2.77 bits per heavy atom. The van der Waals surface area contributed by atoms with Crippen LogP contribution >= 0.6 is 0 Å². The van der Waals surface area contributed by atoms with Crippen LogP contribution in [-0.2, 0) is 6.42 Å². The summed E-state index contributed by atoms with van der Waals surface area (Å²) in [4.78, 5) is 0. The maximum Gasteiger partial charge on any atom is 0.119 e. The molecule has 0 bridgehead atoms. The van der Waals surface area contributed by atoms with Crippen LogP contribution in [0.2, 0.25) is 0 Å². The third-order valence-corrected chi connectivity index (χ3v) is 7.19. The van der Waals surface area contributed by atoms with Crippen molar-refractivity contribution < 1.29 is 9.84 Å². The Bertz CT molecular complexity index is 594. The van der Waals surface area contributed by atoms with E-state index in [1.807, 2.05) is 0 Å². The number of aliphatic hydroxyl groups is 1. The summed E-state index contributed by atoms with van der Waals surface area (Å²) in [5, 5.41) is 10.5. The van der Waals surface area contributed by atoms with Crippen LogP contribution in [0.4, 0.5) is 0 Å². The lowest BCUT2D eigenvalue weighted by Gasteiger charge is -2.50. The van der Waals surface area contributed by atoms with Crippen molar-refractivity contribution in [3.8, 4) is 5.75 Å². The predicted molar refractivity (Wildman–Crippen MR) is 88.4 cm³/mol. The minimum absolute atomic E-state index is 0.0724. The summed E-state index contributed by atoms with van der Waals surface area (Å²) in [6.07, 6.45) is 7.06. The predicted octanol–water partition coefficient (Wildman–Crippen LogP) is 4.22. The molecule has 1 aromatic carbocycles. The smallest absolute Gasteiger partial charge is 0.119 e. The van der Waals surface area contributed by atoms with Crippen molar-refractivity contribution in [2.24, 2.45) is 17.3 Å². The topological polar surface area (TPSA) is 29.5 Å². The van der Waals surface area contributed by atoms with E-state index in [0.29, 0.717) is 5.92 Å². The Labute approximate surface area is 133 Å². The van der Waals surface area contributed by atoms with Crippen LogP contribution in [0.15, 0.2) is 12.1 Å². The molecule has 2 fully saturated rings. The highest BCUT2D eigenvalue weighted by atomic mass is 16.5. The molecule has 0 aromatic heterocycles. The lowest BCUT2D eigenvalue weighted by molar-refractivity contribution is -0.0227. The quantitative estimate of drug-likeness (QED) is 0.841. The average molecular weight is 300 g/mol. The van der Waals surface area contributed by atoms with Crippen molar-refractivity contribution >= 4 is 0 Å². The standard InChI is InChI=1S/C20H28O2/c1-12-10-14(22-3)11-13-4-5-15-16(19(12)13)8-9-20(2)17(15)6-7-18(20)21/h10-11,15-18,21H,4-9H2,1-3H3/t15-,16-,17-,18-,20-/m0/s1. The van der Waals surface area contributed by atoms with E-state index < -0.39 is 0 Å². The molecular weight excluding hydrogens is 272 g/mol. The van der Waals surface area contributed by atoms with Gasteiger partial charge in [-0.25, -0.2) is 0 Å². The minimum atomic E-state index is -0.0724.